The second kappa shape index (κ2) is 4.57. The molecule has 1 aliphatic carbocycles. The van der Waals surface area contributed by atoms with Crippen LogP contribution < -0.4 is 5.73 Å². The standard InChI is InChI=1S/C14H17Cl2N3/c1-7-3-4-12(8(7)2)19-13-6-10(16)9(15)5-11(13)18-14(19)17/h5-8,12H,3-4H2,1-2H3,(H2,17,18). The normalized spacial score (nSPS) is 27.3. The van der Waals surface area contributed by atoms with Gasteiger partial charge in [-0.25, -0.2) is 4.98 Å². The van der Waals surface area contributed by atoms with Crippen LogP contribution in [-0.2, 0) is 0 Å². The average molecular weight is 298 g/mol. The number of hydrogen-bond acceptors (Lipinski definition) is 2. The van der Waals surface area contributed by atoms with Crippen LogP contribution in [0.15, 0.2) is 12.1 Å². The molecule has 1 saturated carbocycles. The van der Waals surface area contributed by atoms with E-state index < -0.39 is 0 Å². The summed E-state index contributed by atoms with van der Waals surface area (Å²) in [5.74, 6) is 1.86. The number of anilines is 1. The van der Waals surface area contributed by atoms with Gasteiger partial charge in [0, 0.05) is 6.04 Å². The van der Waals surface area contributed by atoms with E-state index in [2.05, 4.69) is 23.4 Å². The van der Waals surface area contributed by atoms with E-state index in [9.17, 15) is 0 Å². The molecule has 3 atom stereocenters. The van der Waals surface area contributed by atoms with Gasteiger partial charge in [-0.3, -0.25) is 0 Å². The van der Waals surface area contributed by atoms with E-state index in [4.69, 9.17) is 28.9 Å². The van der Waals surface area contributed by atoms with Crippen LogP contribution in [0.1, 0.15) is 32.7 Å². The molecule has 1 aliphatic rings. The van der Waals surface area contributed by atoms with Crippen molar-refractivity contribution in [3.05, 3.63) is 22.2 Å². The zero-order valence-electron chi connectivity index (χ0n) is 11.0. The summed E-state index contributed by atoms with van der Waals surface area (Å²) >= 11 is 12.2. The highest BCUT2D eigenvalue weighted by atomic mass is 35.5. The van der Waals surface area contributed by atoms with Crippen molar-refractivity contribution in [2.75, 3.05) is 5.73 Å². The number of nitrogens with two attached hydrogens (primary N) is 1. The molecule has 1 aromatic heterocycles. The third-order valence-electron chi connectivity index (χ3n) is 4.51. The van der Waals surface area contributed by atoms with Crippen LogP contribution in [-0.4, -0.2) is 9.55 Å². The molecule has 2 N–H and O–H groups in total. The summed E-state index contributed by atoms with van der Waals surface area (Å²) in [6, 6.07) is 4.06. The smallest absolute Gasteiger partial charge is 0.201 e. The molecule has 0 radical (unpaired) electrons. The van der Waals surface area contributed by atoms with Gasteiger partial charge >= 0.3 is 0 Å². The van der Waals surface area contributed by atoms with E-state index >= 15 is 0 Å². The van der Waals surface area contributed by atoms with E-state index in [1.54, 1.807) is 6.07 Å². The molecule has 3 nitrogen and oxygen atoms in total. The maximum atomic E-state index is 6.13. The molecule has 0 bridgehead atoms. The number of aromatic nitrogens is 2. The highest BCUT2D eigenvalue weighted by molar-refractivity contribution is 6.42. The molecule has 0 aliphatic heterocycles. The summed E-state index contributed by atoms with van der Waals surface area (Å²) < 4.78 is 2.13. The first-order valence-electron chi connectivity index (χ1n) is 6.61. The van der Waals surface area contributed by atoms with Crippen LogP contribution in [0.2, 0.25) is 10.0 Å². The molecule has 2 aromatic rings. The van der Waals surface area contributed by atoms with E-state index in [-0.39, 0.29) is 0 Å². The fraction of sp³-hybridized carbons (Fsp3) is 0.500. The van der Waals surface area contributed by atoms with Crippen LogP contribution in [0.3, 0.4) is 0 Å². The Bertz CT molecular complexity index is 635. The molecule has 102 valence electrons. The molecule has 0 saturated heterocycles. The van der Waals surface area contributed by atoms with Crippen molar-refractivity contribution < 1.29 is 0 Å². The van der Waals surface area contributed by atoms with Gasteiger partial charge in [0.25, 0.3) is 0 Å². The summed E-state index contributed by atoms with van der Waals surface area (Å²) in [4.78, 5) is 4.42. The molecule has 3 rings (SSSR count). The SMILES string of the molecule is CC1CCC(n2c(N)nc3cc(Cl)c(Cl)cc32)C1C. The first-order chi connectivity index (χ1) is 8.99. The predicted octanol–water partition coefficient (Wildman–Crippen LogP) is 4.53. The van der Waals surface area contributed by atoms with Crippen molar-refractivity contribution in [1.82, 2.24) is 9.55 Å². The third-order valence-corrected chi connectivity index (χ3v) is 5.23. The maximum Gasteiger partial charge on any atom is 0.201 e. The van der Waals surface area contributed by atoms with Gasteiger partial charge < -0.3 is 10.3 Å². The summed E-state index contributed by atoms with van der Waals surface area (Å²) in [5.41, 5.74) is 7.91. The van der Waals surface area contributed by atoms with Crippen molar-refractivity contribution in [3.63, 3.8) is 0 Å². The number of benzene rings is 1. The van der Waals surface area contributed by atoms with Gasteiger partial charge in [-0.1, -0.05) is 37.0 Å². The highest BCUT2D eigenvalue weighted by Gasteiger charge is 2.33. The molecule has 19 heavy (non-hydrogen) atoms. The largest absolute Gasteiger partial charge is 0.369 e. The van der Waals surface area contributed by atoms with Crippen LogP contribution >= 0.6 is 23.2 Å². The molecule has 1 heterocycles. The number of rotatable bonds is 1. The molecular weight excluding hydrogens is 281 g/mol. The van der Waals surface area contributed by atoms with E-state index in [1.807, 2.05) is 6.07 Å². The Morgan fingerprint density at radius 1 is 1.21 bits per heavy atom. The predicted molar refractivity (Wildman–Crippen MR) is 80.8 cm³/mol. The number of nitrogen functional groups attached to an aromatic ring is 1. The zero-order valence-corrected chi connectivity index (χ0v) is 12.5. The van der Waals surface area contributed by atoms with Crippen molar-refractivity contribution in [2.45, 2.75) is 32.7 Å². The first kappa shape index (κ1) is 13.1. The Balaban J connectivity index is 2.18. The fourth-order valence-corrected chi connectivity index (χ4v) is 3.48. The molecule has 0 spiro atoms. The van der Waals surface area contributed by atoms with Crippen molar-refractivity contribution in [1.29, 1.82) is 0 Å². The Labute approximate surface area is 122 Å². The molecule has 0 amide bonds. The summed E-state index contributed by atoms with van der Waals surface area (Å²) in [7, 11) is 0. The number of halogens is 2. The summed E-state index contributed by atoms with van der Waals surface area (Å²) in [6.45, 7) is 4.58. The minimum absolute atomic E-state index is 0.400. The second-order valence-electron chi connectivity index (χ2n) is 5.58. The van der Waals surface area contributed by atoms with E-state index in [0.29, 0.717) is 33.9 Å². The lowest BCUT2D eigenvalue weighted by atomic mass is 9.97. The van der Waals surface area contributed by atoms with Gasteiger partial charge in [-0.2, -0.15) is 0 Å². The monoisotopic (exact) mass is 297 g/mol. The number of imidazole rings is 1. The molecule has 5 heteroatoms. The van der Waals surface area contributed by atoms with Crippen molar-refractivity contribution in [3.8, 4) is 0 Å². The Kier molecular flexibility index (Phi) is 3.14. The van der Waals surface area contributed by atoms with Gasteiger partial charge in [0.05, 0.1) is 21.1 Å². The quantitative estimate of drug-likeness (QED) is 0.840. The molecule has 1 aromatic carbocycles. The van der Waals surface area contributed by atoms with Crippen molar-refractivity contribution >= 4 is 40.2 Å². The third kappa shape index (κ3) is 2.00. The van der Waals surface area contributed by atoms with Gasteiger partial charge in [-0.05, 0) is 36.8 Å². The van der Waals surface area contributed by atoms with Crippen LogP contribution in [0, 0.1) is 11.8 Å². The lowest BCUT2D eigenvalue weighted by Gasteiger charge is -2.21. The number of fused-ring (bicyclic) bond motifs is 1. The topological polar surface area (TPSA) is 43.8 Å². The second-order valence-corrected chi connectivity index (χ2v) is 6.39. The van der Waals surface area contributed by atoms with E-state index in [1.165, 1.54) is 6.42 Å². The highest BCUT2D eigenvalue weighted by Crippen LogP contribution is 2.43. The van der Waals surface area contributed by atoms with Gasteiger partial charge in [-0.15, -0.1) is 0 Å². The van der Waals surface area contributed by atoms with Gasteiger partial charge in [0.1, 0.15) is 0 Å². The first-order valence-corrected chi connectivity index (χ1v) is 7.37. The summed E-state index contributed by atoms with van der Waals surface area (Å²) in [6.07, 6.45) is 2.37. The average Bonchev–Trinajstić information content (AvgIpc) is 2.82. The summed E-state index contributed by atoms with van der Waals surface area (Å²) in [5, 5.41) is 1.07. The van der Waals surface area contributed by atoms with E-state index in [0.717, 1.165) is 17.5 Å². The van der Waals surface area contributed by atoms with Gasteiger partial charge in [0.2, 0.25) is 5.95 Å². The fourth-order valence-electron chi connectivity index (χ4n) is 3.16. The zero-order chi connectivity index (χ0) is 13.7. The Morgan fingerprint density at radius 3 is 2.53 bits per heavy atom. The van der Waals surface area contributed by atoms with Crippen LogP contribution in [0.25, 0.3) is 11.0 Å². The van der Waals surface area contributed by atoms with Gasteiger partial charge in [0.15, 0.2) is 0 Å². The lowest BCUT2D eigenvalue weighted by Crippen LogP contribution is -2.16. The minimum Gasteiger partial charge on any atom is -0.369 e. The Hall–Kier alpha value is -0.930. The Morgan fingerprint density at radius 2 is 1.89 bits per heavy atom. The minimum atomic E-state index is 0.400. The molecular formula is C14H17Cl2N3. The molecule has 3 unspecified atom stereocenters. The number of nitrogens with zero attached hydrogens (tertiary/aromatic N) is 2. The number of hydrogen-bond donors (Lipinski definition) is 1. The van der Waals surface area contributed by atoms with Crippen molar-refractivity contribution in [2.24, 2.45) is 11.8 Å². The lowest BCUT2D eigenvalue weighted by molar-refractivity contribution is 0.361. The van der Waals surface area contributed by atoms with Crippen LogP contribution in [0.5, 0.6) is 0 Å². The molecule has 1 fully saturated rings. The maximum absolute atomic E-state index is 6.13. The van der Waals surface area contributed by atoms with Crippen LogP contribution in [0.4, 0.5) is 5.95 Å².